The number of esters is 1. The second kappa shape index (κ2) is 8.17. The fraction of sp³-hybridized carbons (Fsp3) is 0.875. The van der Waals surface area contributed by atoms with Crippen LogP contribution in [0.15, 0.2) is 11.6 Å². The molecule has 5 aliphatic carbocycles. The molecule has 4 heteroatoms. The fourth-order valence-corrected chi connectivity index (χ4v) is 11.3. The number of ether oxygens (including phenoxy) is 1. The summed E-state index contributed by atoms with van der Waals surface area (Å²) in [5, 5.41) is 10.9. The second-order valence-electron chi connectivity index (χ2n) is 15.5. The van der Waals surface area contributed by atoms with Crippen molar-refractivity contribution in [1.82, 2.24) is 0 Å². The zero-order valence-corrected chi connectivity index (χ0v) is 24.1. The van der Waals surface area contributed by atoms with Gasteiger partial charge in [-0.15, -0.1) is 0 Å². The van der Waals surface area contributed by atoms with Crippen LogP contribution < -0.4 is 0 Å². The first-order chi connectivity index (χ1) is 16.6. The minimum absolute atomic E-state index is 0.00156. The molecule has 0 heterocycles. The summed E-state index contributed by atoms with van der Waals surface area (Å²) < 4.78 is 5.87. The van der Waals surface area contributed by atoms with Gasteiger partial charge in [0, 0.05) is 23.7 Å². The van der Waals surface area contributed by atoms with Gasteiger partial charge in [0.2, 0.25) is 0 Å². The van der Waals surface area contributed by atoms with Crippen molar-refractivity contribution in [2.75, 3.05) is 0 Å². The number of carbonyl (C=O) groups excluding carboxylic acids is 2. The zero-order chi connectivity index (χ0) is 26.5. The summed E-state index contributed by atoms with van der Waals surface area (Å²) in [4.78, 5) is 25.6. The first-order valence-corrected chi connectivity index (χ1v) is 14.7. The predicted molar refractivity (Wildman–Crippen MR) is 142 cm³/mol. The van der Waals surface area contributed by atoms with Gasteiger partial charge in [0.25, 0.3) is 0 Å². The number of hydrogen-bond donors (Lipinski definition) is 1. The third-order valence-corrected chi connectivity index (χ3v) is 12.8. The number of carbonyl (C=O) groups is 2. The first-order valence-electron chi connectivity index (χ1n) is 14.7. The predicted octanol–water partition coefficient (Wildman–Crippen LogP) is 6.89. The minimum atomic E-state index is -0.408. The molecule has 0 unspecified atom stereocenters. The quantitative estimate of drug-likeness (QED) is 0.400. The van der Waals surface area contributed by atoms with Crippen LogP contribution in [0.2, 0.25) is 0 Å². The van der Waals surface area contributed by atoms with Crippen LogP contribution in [0.25, 0.3) is 0 Å². The lowest BCUT2D eigenvalue weighted by molar-refractivity contribution is -0.191. The Hall–Kier alpha value is -1.16. The maximum Gasteiger partial charge on any atom is 0.302 e. The maximum atomic E-state index is 13.7. The highest BCUT2D eigenvalue weighted by molar-refractivity contribution is 5.95. The van der Waals surface area contributed by atoms with Gasteiger partial charge in [-0.05, 0) is 97.9 Å². The van der Waals surface area contributed by atoms with Crippen molar-refractivity contribution in [1.29, 1.82) is 0 Å². The van der Waals surface area contributed by atoms with Gasteiger partial charge in [0.1, 0.15) is 6.10 Å². The molecule has 0 aromatic carbocycles. The van der Waals surface area contributed by atoms with Crippen LogP contribution >= 0.6 is 0 Å². The Labute approximate surface area is 219 Å². The maximum absolute atomic E-state index is 13.7. The van der Waals surface area contributed by atoms with Gasteiger partial charge in [-0.2, -0.15) is 0 Å². The zero-order valence-electron chi connectivity index (χ0n) is 24.1. The summed E-state index contributed by atoms with van der Waals surface area (Å²) in [5.74, 6) is 1.57. The van der Waals surface area contributed by atoms with E-state index in [1.165, 1.54) is 24.8 Å². The van der Waals surface area contributed by atoms with E-state index in [0.717, 1.165) is 38.5 Å². The van der Waals surface area contributed by atoms with Crippen molar-refractivity contribution in [2.45, 2.75) is 125 Å². The number of allylic oxidation sites excluding steroid dienone is 2. The lowest BCUT2D eigenvalue weighted by Gasteiger charge is -2.64. The smallest absolute Gasteiger partial charge is 0.302 e. The van der Waals surface area contributed by atoms with Crippen LogP contribution in [0.5, 0.6) is 0 Å². The molecule has 0 saturated heterocycles. The molecule has 0 aliphatic heterocycles. The molecule has 4 nitrogen and oxygen atoms in total. The van der Waals surface area contributed by atoms with Gasteiger partial charge in [-0.3, -0.25) is 9.59 Å². The Kier molecular flexibility index (Phi) is 6.00. The van der Waals surface area contributed by atoms with Gasteiger partial charge >= 0.3 is 5.97 Å². The number of aliphatic hydroxyl groups excluding tert-OH is 1. The van der Waals surface area contributed by atoms with Gasteiger partial charge in [-0.25, -0.2) is 0 Å². The van der Waals surface area contributed by atoms with Crippen LogP contribution in [0.1, 0.15) is 113 Å². The first kappa shape index (κ1) is 26.4. The summed E-state index contributed by atoms with van der Waals surface area (Å²) in [6.45, 7) is 17.9. The Morgan fingerprint density at radius 2 is 1.53 bits per heavy atom. The Morgan fingerprint density at radius 1 is 0.861 bits per heavy atom. The Bertz CT molecular complexity index is 977. The van der Waals surface area contributed by atoms with Crippen LogP contribution in [-0.2, 0) is 14.3 Å². The van der Waals surface area contributed by atoms with E-state index in [9.17, 15) is 14.7 Å². The number of fused-ring (bicyclic) bond motifs is 6. The summed E-state index contributed by atoms with van der Waals surface area (Å²) >= 11 is 0. The molecule has 0 aromatic rings. The van der Waals surface area contributed by atoms with E-state index in [2.05, 4.69) is 48.5 Å². The average molecular weight is 499 g/mol. The number of aliphatic hydroxyl groups is 1. The minimum Gasteiger partial charge on any atom is -0.462 e. The highest BCUT2D eigenvalue weighted by Crippen LogP contribution is 2.70. The van der Waals surface area contributed by atoms with Crippen molar-refractivity contribution in [3.8, 4) is 0 Å². The van der Waals surface area contributed by atoms with Gasteiger partial charge < -0.3 is 9.84 Å². The van der Waals surface area contributed by atoms with E-state index < -0.39 is 6.10 Å². The van der Waals surface area contributed by atoms with Crippen molar-refractivity contribution < 1.29 is 19.4 Å². The molecule has 202 valence electrons. The lowest BCUT2D eigenvalue weighted by atomic mass is 9.42. The number of hydrogen-bond acceptors (Lipinski definition) is 4. The molecule has 0 radical (unpaired) electrons. The van der Waals surface area contributed by atoms with Crippen molar-refractivity contribution in [3.63, 3.8) is 0 Å². The molecule has 4 saturated carbocycles. The summed E-state index contributed by atoms with van der Waals surface area (Å²) in [7, 11) is 0. The Balaban J connectivity index is 1.50. The summed E-state index contributed by atoms with van der Waals surface area (Å²) in [6, 6.07) is 0. The molecule has 36 heavy (non-hydrogen) atoms. The van der Waals surface area contributed by atoms with Gasteiger partial charge in [0.15, 0.2) is 5.78 Å². The normalized spacial score (nSPS) is 49.4. The molecule has 1 N–H and O–H groups in total. The van der Waals surface area contributed by atoms with E-state index in [-0.39, 0.29) is 50.8 Å². The van der Waals surface area contributed by atoms with Crippen LogP contribution in [0.4, 0.5) is 0 Å². The molecule has 0 amide bonds. The van der Waals surface area contributed by atoms with Gasteiger partial charge in [-0.1, -0.05) is 54.0 Å². The fourth-order valence-electron chi connectivity index (χ4n) is 11.3. The molecule has 9 atom stereocenters. The highest BCUT2D eigenvalue weighted by atomic mass is 16.5. The van der Waals surface area contributed by atoms with Crippen LogP contribution in [-0.4, -0.2) is 29.1 Å². The topological polar surface area (TPSA) is 63.6 Å². The molecule has 0 bridgehead atoms. The molecular formula is C32H50O4. The lowest BCUT2D eigenvalue weighted by Crippen LogP contribution is -2.59. The average Bonchev–Trinajstić information content (AvgIpc) is 2.89. The SMILES string of the molecule is CC(=O)O[C@@H]1CC[C@@]2(C)[C@@H](CC[C@@]3(C)CC4=CC(=O)[C@H]5C(C)(C)[C@H](O)CC[C@]5(C)[C@H]4CC[C@@H]32)C1(C)C. The standard InChI is InChI=1S/C32H50O4/c1-19(33)36-26-13-16-32(8)23(28(26,2)3)11-14-30(6)18-20-17-22(34)27-29(4,5)25(35)12-15-31(27,7)21(20)9-10-24(30)32/h17,21,23-27,35H,9-16,18H2,1-8H3/t21-,23-,24-,25+,26+,27-,30-,31+,32-/m0/s1. The van der Waals surface area contributed by atoms with Crippen molar-refractivity contribution in [3.05, 3.63) is 11.6 Å². The van der Waals surface area contributed by atoms with E-state index >= 15 is 0 Å². The third kappa shape index (κ3) is 3.55. The third-order valence-electron chi connectivity index (χ3n) is 12.8. The Morgan fingerprint density at radius 3 is 2.19 bits per heavy atom. The van der Waals surface area contributed by atoms with E-state index in [1.807, 2.05) is 6.08 Å². The molecule has 0 spiro atoms. The summed E-state index contributed by atoms with van der Waals surface area (Å²) in [6.07, 6.45) is 11.2. The van der Waals surface area contributed by atoms with E-state index in [4.69, 9.17) is 4.74 Å². The molecule has 5 aliphatic rings. The molecular weight excluding hydrogens is 448 g/mol. The van der Waals surface area contributed by atoms with Crippen LogP contribution in [0.3, 0.4) is 0 Å². The monoisotopic (exact) mass is 498 g/mol. The molecule has 5 rings (SSSR count). The van der Waals surface area contributed by atoms with Crippen molar-refractivity contribution >= 4 is 11.8 Å². The largest absolute Gasteiger partial charge is 0.462 e. The molecule has 0 aromatic heterocycles. The summed E-state index contributed by atoms with van der Waals surface area (Å²) in [5.41, 5.74) is 1.34. The molecule has 4 fully saturated rings. The van der Waals surface area contributed by atoms with E-state index in [0.29, 0.717) is 17.8 Å². The number of ketones is 1. The van der Waals surface area contributed by atoms with E-state index in [1.54, 1.807) is 6.92 Å². The second-order valence-corrected chi connectivity index (χ2v) is 15.5. The highest BCUT2D eigenvalue weighted by Gasteiger charge is 2.64. The van der Waals surface area contributed by atoms with Crippen molar-refractivity contribution in [2.24, 2.45) is 50.7 Å². The van der Waals surface area contributed by atoms with Crippen LogP contribution in [0, 0.1) is 50.7 Å². The number of rotatable bonds is 1. The van der Waals surface area contributed by atoms with Gasteiger partial charge in [0.05, 0.1) is 6.10 Å².